The van der Waals surface area contributed by atoms with Crippen molar-refractivity contribution in [2.45, 2.75) is 36.5 Å². The standard InChI is InChI=1S/C25H28F3N3O4S/c1-34-18-6-7-19(21(13-18)35-2)23(33)31-10-8-24(9-11-31)30-20(15-36-24)22(32)29-14-16-4-3-5-17(12-16)25(26,27)28/h3-7,12-13,20,30H,8-11,14-15H2,1-2H3,(H,29,32). The highest BCUT2D eigenvalue weighted by Gasteiger charge is 2.44. The highest BCUT2D eigenvalue weighted by atomic mass is 32.2. The van der Waals surface area contributed by atoms with E-state index in [0.29, 0.717) is 54.3 Å². The van der Waals surface area contributed by atoms with Crippen LogP contribution in [-0.2, 0) is 17.5 Å². The second-order valence-corrected chi connectivity index (χ2v) is 10.2. The van der Waals surface area contributed by atoms with Gasteiger partial charge < -0.3 is 19.7 Å². The smallest absolute Gasteiger partial charge is 0.416 e. The van der Waals surface area contributed by atoms with Crippen LogP contribution in [0.5, 0.6) is 11.5 Å². The maximum atomic E-state index is 13.1. The van der Waals surface area contributed by atoms with Gasteiger partial charge in [0.2, 0.25) is 5.91 Å². The number of likely N-dealkylation sites (tertiary alicyclic amines) is 1. The number of alkyl halides is 3. The molecular weight excluding hydrogens is 495 g/mol. The molecule has 11 heteroatoms. The number of ether oxygens (including phenoxy) is 2. The minimum atomic E-state index is -4.43. The van der Waals surface area contributed by atoms with Crippen LogP contribution in [0.15, 0.2) is 42.5 Å². The average molecular weight is 524 g/mol. The average Bonchev–Trinajstić information content (AvgIpc) is 3.30. The molecule has 7 nitrogen and oxygen atoms in total. The van der Waals surface area contributed by atoms with Crippen LogP contribution in [0, 0.1) is 0 Å². The topological polar surface area (TPSA) is 79.9 Å². The van der Waals surface area contributed by atoms with E-state index in [1.807, 2.05) is 0 Å². The fraction of sp³-hybridized carbons (Fsp3) is 0.440. The van der Waals surface area contributed by atoms with Crippen LogP contribution >= 0.6 is 11.8 Å². The Morgan fingerprint density at radius 2 is 1.89 bits per heavy atom. The van der Waals surface area contributed by atoms with Gasteiger partial charge in [0.15, 0.2) is 0 Å². The summed E-state index contributed by atoms with van der Waals surface area (Å²) < 4.78 is 49.3. The van der Waals surface area contributed by atoms with E-state index in [4.69, 9.17) is 9.47 Å². The maximum absolute atomic E-state index is 13.1. The second-order valence-electron chi connectivity index (χ2n) is 8.78. The van der Waals surface area contributed by atoms with Gasteiger partial charge in [-0.1, -0.05) is 12.1 Å². The van der Waals surface area contributed by atoms with Gasteiger partial charge >= 0.3 is 6.18 Å². The number of piperidine rings is 1. The number of thioether (sulfide) groups is 1. The molecule has 0 bridgehead atoms. The zero-order chi connectivity index (χ0) is 25.9. The molecule has 0 radical (unpaired) electrons. The Balaban J connectivity index is 1.31. The van der Waals surface area contributed by atoms with Gasteiger partial charge in [0.1, 0.15) is 11.5 Å². The highest BCUT2D eigenvalue weighted by molar-refractivity contribution is 8.01. The molecule has 2 aromatic rings. The third-order valence-corrected chi connectivity index (χ3v) is 8.08. The molecule has 0 aliphatic carbocycles. The predicted octanol–water partition coefficient (Wildman–Crippen LogP) is 3.68. The number of methoxy groups -OCH3 is 2. The van der Waals surface area contributed by atoms with Crippen molar-refractivity contribution >= 4 is 23.6 Å². The van der Waals surface area contributed by atoms with E-state index in [9.17, 15) is 22.8 Å². The number of nitrogens with zero attached hydrogens (tertiary/aromatic N) is 1. The molecule has 0 saturated carbocycles. The Hall–Kier alpha value is -2.92. The molecule has 1 spiro atoms. The molecule has 1 atom stereocenters. The Kier molecular flexibility index (Phi) is 7.70. The number of hydrogen-bond donors (Lipinski definition) is 2. The lowest BCUT2D eigenvalue weighted by Gasteiger charge is -2.39. The Morgan fingerprint density at radius 1 is 1.14 bits per heavy atom. The third-order valence-electron chi connectivity index (χ3n) is 6.50. The number of carbonyl (C=O) groups is 2. The van der Waals surface area contributed by atoms with Gasteiger partial charge in [-0.15, -0.1) is 11.8 Å². The first-order valence-electron chi connectivity index (χ1n) is 11.5. The summed E-state index contributed by atoms with van der Waals surface area (Å²) in [5.41, 5.74) is 0.115. The molecule has 2 fully saturated rings. The lowest BCUT2D eigenvalue weighted by molar-refractivity contribution is -0.137. The van der Waals surface area contributed by atoms with Crippen molar-refractivity contribution in [3.63, 3.8) is 0 Å². The van der Waals surface area contributed by atoms with Crippen molar-refractivity contribution in [2.24, 2.45) is 0 Å². The number of rotatable bonds is 6. The zero-order valence-corrected chi connectivity index (χ0v) is 20.8. The normalized spacial score (nSPS) is 19.2. The van der Waals surface area contributed by atoms with Gasteiger partial charge in [0.05, 0.1) is 36.3 Å². The summed E-state index contributed by atoms with van der Waals surface area (Å²) in [5, 5.41) is 6.15. The van der Waals surface area contributed by atoms with Crippen molar-refractivity contribution in [3.8, 4) is 11.5 Å². The van der Waals surface area contributed by atoms with Crippen LogP contribution in [0.1, 0.15) is 34.3 Å². The molecular formula is C25H28F3N3O4S. The lowest BCUT2D eigenvalue weighted by atomic mass is 10.0. The van der Waals surface area contributed by atoms with Crippen LogP contribution < -0.4 is 20.1 Å². The van der Waals surface area contributed by atoms with Crippen LogP contribution in [0.4, 0.5) is 13.2 Å². The van der Waals surface area contributed by atoms with Gasteiger partial charge in [-0.25, -0.2) is 0 Å². The van der Waals surface area contributed by atoms with Crippen LogP contribution in [0.3, 0.4) is 0 Å². The first kappa shape index (κ1) is 26.2. The summed E-state index contributed by atoms with van der Waals surface area (Å²) in [6.45, 7) is 1.06. The number of hydrogen-bond acceptors (Lipinski definition) is 6. The first-order valence-corrected chi connectivity index (χ1v) is 12.5. The van der Waals surface area contributed by atoms with E-state index in [1.165, 1.54) is 13.2 Å². The van der Waals surface area contributed by atoms with E-state index >= 15 is 0 Å². The van der Waals surface area contributed by atoms with Crippen LogP contribution in [0.25, 0.3) is 0 Å². The Labute approximate surface area is 211 Å². The zero-order valence-electron chi connectivity index (χ0n) is 20.0. The summed E-state index contributed by atoms with van der Waals surface area (Å²) >= 11 is 1.65. The summed E-state index contributed by atoms with van der Waals surface area (Å²) in [6, 6.07) is 9.57. The fourth-order valence-electron chi connectivity index (χ4n) is 4.46. The van der Waals surface area contributed by atoms with Crippen LogP contribution in [-0.4, -0.2) is 60.7 Å². The lowest BCUT2D eigenvalue weighted by Crippen LogP contribution is -2.54. The molecule has 2 heterocycles. The number of halogens is 3. The van der Waals surface area contributed by atoms with E-state index < -0.39 is 17.8 Å². The van der Waals surface area contributed by atoms with Crippen molar-refractivity contribution < 1.29 is 32.2 Å². The Morgan fingerprint density at radius 3 is 2.56 bits per heavy atom. The molecule has 0 aromatic heterocycles. The van der Waals surface area contributed by atoms with Gasteiger partial charge in [-0.3, -0.25) is 14.9 Å². The molecule has 2 aliphatic rings. The first-order chi connectivity index (χ1) is 17.1. The molecule has 1 unspecified atom stereocenters. The van der Waals surface area contributed by atoms with E-state index in [2.05, 4.69) is 10.6 Å². The summed E-state index contributed by atoms with van der Waals surface area (Å²) in [5.74, 6) is 1.23. The highest BCUT2D eigenvalue weighted by Crippen LogP contribution is 2.40. The SMILES string of the molecule is COc1ccc(C(=O)N2CCC3(CC2)NC(C(=O)NCc2cccc(C(F)(F)F)c2)CS3)c(OC)c1. The quantitative estimate of drug-likeness (QED) is 0.602. The molecule has 194 valence electrons. The number of benzene rings is 2. The molecule has 4 rings (SSSR count). The largest absolute Gasteiger partial charge is 0.497 e. The van der Waals surface area contributed by atoms with E-state index in [1.54, 1.807) is 48.0 Å². The van der Waals surface area contributed by atoms with E-state index in [-0.39, 0.29) is 23.2 Å². The summed E-state index contributed by atoms with van der Waals surface area (Å²) in [7, 11) is 3.06. The van der Waals surface area contributed by atoms with Gasteiger partial charge in [0, 0.05) is 31.5 Å². The van der Waals surface area contributed by atoms with Crippen LogP contribution in [0.2, 0.25) is 0 Å². The van der Waals surface area contributed by atoms with Gasteiger partial charge in [0.25, 0.3) is 5.91 Å². The molecule has 2 N–H and O–H groups in total. The van der Waals surface area contributed by atoms with Gasteiger partial charge in [-0.05, 0) is 42.7 Å². The Bertz CT molecular complexity index is 1120. The van der Waals surface area contributed by atoms with Crippen molar-refractivity contribution in [1.29, 1.82) is 0 Å². The second kappa shape index (κ2) is 10.6. The summed E-state index contributed by atoms with van der Waals surface area (Å²) in [6.07, 6.45) is -3.09. The molecule has 2 amide bonds. The number of amides is 2. The minimum absolute atomic E-state index is 0.0184. The summed E-state index contributed by atoms with van der Waals surface area (Å²) in [4.78, 5) is 27.3. The van der Waals surface area contributed by atoms with E-state index in [0.717, 1.165) is 12.1 Å². The third kappa shape index (κ3) is 5.73. The predicted molar refractivity (Wildman–Crippen MR) is 130 cm³/mol. The molecule has 2 saturated heterocycles. The molecule has 2 aromatic carbocycles. The van der Waals surface area contributed by atoms with Gasteiger partial charge in [-0.2, -0.15) is 13.2 Å². The fourth-order valence-corrected chi connectivity index (χ4v) is 5.88. The maximum Gasteiger partial charge on any atom is 0.416 e. The van der Waals surface area contributed by atoms with Crippen molar-refractivity contribution in [2.75, 3.05) is 33.1 Å². The number of nitrogens with one attached hydrogen (secondary N) is 2. The molecule has 36 heavy (non-hydrogen) atoms. The minimum Gasteiger partial charge on any atom is -0.497 e. The van der Waals surface area contributed by atoms with Crippen molar-refractivity contribution in [3.05, 3.63) is 59.2 Å². The monoisotopic (exact) mass is 523 g/mol. The van der Waals surface area contributed by atoms with Crippen molar-refractivity contribution in [1.82, 2.24) is 15.5 Å². The molecule has 2 aliphatic heterocycles. The number of carbonyl (C=O) groups excluding carboxylic acids is 2.